The molecule has 0 atom stereocenters. The first-order valence-electron chi connectivity index (χ1n) is 5.00. The molecule has 0 radical (unpaired) electrons. The van der Waals surface area contributed by atoms with E-state index in [4.69, 9.17) is 11.6 Å². The SMILES string of the molecule is O=[N+]([O-])c1cc(Cl)nc(Nc2ccc(Br)cc2F)c1. The van der Waals surface area contributed by atoms with Gasteiger partial charge in [-0.15, -0.1) is 0 Å². The molecule has 0 saturated heterocycles. The number of anilines is 2. The Balaban J connectivity index is 2.35. The molecule has 8 heteroatoms. The van der Waals surface area contributed by atoms with Gasteiger partial charge in [-0.25, -0.2) is 9.37 Å². The van der Waals surface area contributed by atoms with E-state index in [1.54, 1.807) is 6.07 Å². The molecule has 1 aromatic heterocycles. The minimum absolute atomic E-state index is 0.0470. The zero-order valence-electron chi connectivity index (χ0n) is 9.23. The second-order valence-electron chi connectivity index (χ2n) is 3.54. The van der Waals surface area contributed by atoms with Crippen LogP contribution in [-0.2, 0) is 0 Å². The summed E-state index contributed by atoms with van der Waals surface area (Å²) in [7, 11) is 0. The molecule has 0 amide bonds. The first-order chi connectivity index (χ1) is 8.95. The Morgan fingerprint density at radius 1 is 1.37 bits per heavy atom. The largest absolute Gasteiger partial charge is 0.338 e. The maximum atomic E-state index is 13.6. The van der Waals surface area contributed by atoms with E-state index in [1.807, 2.05) is 0 Å². The Morgan fingerprint density at radius 3 is 2.74 bits per heavy atom. The van der Waals surface area contributed by atoms with Crippen molar-refractivity contribution in [1.29, 1.82) is 0 Å². The zero-order valence-corrected chi connectivity index (χ0v) is 11.6. The molecule has 0 spiro atoms. The van der Waals surface area contributed by atoms with Crippen molar-refractivity contribution >= 4 is 44.7 Å². The minimum Gasteiger partial charge on any atom is -0.338 e. The second kappa shape index (κ2) is 5.50. The maximum Gasteiger partial charge on any atom is 0.276 e. The van der Waals surface area contributed by atoms with Gasteiger partial charge in [0.1, 0.15) is 16.8 Å². The Kier molecular flexibility index (Phi) is 3.96. The first-order valence-corrected chi connectivity index (χ1v) is 6.17. The van der Waals surface area contributed by atoms with Crippen molar-refractivity contribution in [2.75, 3.05) is 5.32 Å². The van der Waals surface area contributed by atoms with Crippen LogP contribution in [0.4, 0.5) is 21.6 Å². The minimum atomic E-state index is -0.601. The molecule has 0 fully saturated rings. The van der Waals surface area contributed by atoms with Gasteiger partial charge in [0.15, 0.2) is 0 Å². The van der Waals surface area contributed by atoms with Crippen LogP contribution in [0.25, 0.3) is 0 Å². The van der Waals surface area contributed by atoms with Gasteiger partial charge in [0.25, 0.3) is 5.69 Å². The fourth-order valence-corrected chi connectivity index (χ4v) is 1.92. The molecule has 0 aliphatic carbocycles. The summed E-state index contributed by atoms with van der Waals surface area (Å²) in [5.74, 6) is -0.417. The zero-order chi connectivity index (χ0) is 14.0. The molecule has 1 N–H and O–H groups in total. The Labute approximate surface area is 120 Å². The highest BCUT2D eigenvalue weighted by Crippen LogP contribution is 2.26. The summed E-state index contributed by atoms with van der Waals surface area (Å²) in [6, 6.07) is 6.66. The molecule has 5 nitrogen and oxygen atoms in total. The normalized spacial score (nSPS) is 10.3. The van der Waals surface area contributed by atoms with Gasteiger partial charge in [-0.3, -0.25) is 10.1 Å². The summed E-state index contributed by atoms with van der Waals surface area (Å²) in [5.41, 5.74) is -0.0766. The van der Waals surface area contributed by atoms with E-state index in [0.29, 0.717) is 4.47 Å². The highest BCUT2D eigenvalue weighted by molar-refractivity contribution is 9.10. The highest BCUT2D eigenvalue weighted by Gasteiger charge is 2.11. The third-order valence-corrected chi connectivity index (χ3v) is 2.87. The number of rotatable bonds is 3. The fraction of sp³-hybridized carbons (Fsp3) is 0. The van der Waals surface area contributed by atoms with Crippen molar-refractivity contribution in [2.24, 2.45) is 0 Å². The van der Waals surface area contributed by atoms with Gasteiger partial charge in [-0.05, 0) is 18.2 Å². The first kappa shape index (κ1) is 13.7. The molecule has 2 aromatic rings. The number of hydrogen-bond acceptors (Lipinski definition) is 4. The number of benzene rings is 1. The van der Waals surface area contributed by atoms with Crippen molar-refractivity contribution in [3.05, 3.63) is 55.9 Å². The number of nitrogens with zero attached hydrogens (tertiary/aromatic N) is 2. The third-order valence-electron chi connectivity index (χ3n) is 2.18. The van der Waals surface area contributed by atoms with Gasteiger partial charge in [0.05, 0.1) is 22.7 Å². The van der Waals surface area contributed by atoms with Crippen molar-refractivity contribution in [1.82, 2.24) is 4.98 Å². The van der Waals surface area contributed by atoms with Gasteiger partial charge < -0.3 is 5.32 Å². The summed E-state index contributed by atoms with van der Waals surface area (Å²) in [5, 5.41) is 13.3. The van der Waals surface area contributed by atoms with Crippen LogP contribution in [0.1, 0.15) is 0 Å². The Morgan fingerprint density at radius 2 is 2.11 bits per heavy atom. The molecule has 0 saturated carbocycles. The van der Waals surface area contributed by atoms with E-state index in [1.165, 1.54) is 18.2 Å². The predicted molar refractivity (Wildman–Crippen MR) is 73.3 cm³/mol. The smallest absolute Gasteiger partial charge is 0.276 e. The van der Waals surface area contributed by atoms with Crippen LogP contribution < -0.4 is 5.32 Å². The van der Waals surface area contributed by atoms with Crippen LogP contribution >= 0.6 is 27.5 Å². The lowest BCUT2D eigenvalue weighted by Crippen LogP contribution is -1.98. The second-order valence-corrected chi connectivity index (χ2v) is 4.84. The molecular formula is C11H6BrClFN3O2. The standard InChI is InChI=1S/C11H6BrClFN3O2/c12-6-1-2-9(8(14)3-6)15-11-5-7(17(18)19)4-10(13)16-11/h1-5H,(H,15,16). The molecule has 0 aliphatic heterocycles. The van der Waals surface area contributed by atoms with Crippen LogP contribution in [0.5, 0.6) is 0 Å². The number of aromatic nitrogens is 1. The van der Waals surface area contributed by atoms with Crippen molar-refractivity contribution in [2.45, 2.75) is 0 Å². The van der Waals surface area contributed by atoms with Crippen LogP contribution in [-0.4, -0.2) is 9.91 Å². The summed E-state index contributed by atoms with van der Waals surface area (Å²) in [6.45, 7) is 0. The monoisotopic (exact) mass is 345 g/mol. The van der Waals surface area contributed by atoms with Gasteiger partial charge in [0, 0.05) is 4.47 Å². The van der Waals surface area contributed by atoms with E-state index < -0.39 is 10.7 Å². The van der Waals surface area contributed by atoms with Gasteiger partial charge in [0.2, 0.25) is 0 Å². The van der Waals surface area contributed by atoms with Crippen molar-refractivity contribution < 1.29 is 9.31 Å². The summed E-state index contributed by atoms with van der Waals surface area (Å²) < 4.78 is 14.2. The predicted octanol–water partition coefficient (Wildman–Crippen LogP) is 4.29. The van der Waals surface area contributed by atoms with Crippen molar-refractivity contribution in [3.8, 4) is 0 Å². The van der Waals surface area contributed by atoms with Gasteiger partial charge in [-0.2, -0.15) is 0 Å². The molecule has 1 heterocycles. The van der Waals surface area contributed by atoms with Crippen LogP contribution in [0.3, 0.4) is 0 Å². The lowest BCUT2D eigenvalue weighted by Gasteiger charge is -2.07. The van der Waals surface area contributed by atoms with Crippen LogP contribution in [0, 0.1) is 15.9 Å². The maximum absolute atomic E-state index is 13.6. The molecule has 2 rings (SSSR count). The summed E-state index contributed by atoms with van der Waals surface area (Å²) >= 11 is 8.80. The lowest BCUT2D eigenvalue weighted by molar-refractivity contribution is -0.384. The Bertz CT molecular complexity index is 654. The van der Waals surface area contributed by atoms with Gasteiger partial charge >= 0.3 is 0 Å². The average molecular weight is 347 g/mol. The van der Waals surface area contributed by atoms with E-state index in [9.17, 15) is 14.5 Å². The fourth-order valence-electron chi connectivity index (χ4n) is 1.38. The van der Waals surface area contributed by atoms with Crippen LogP contribution in [0.2, 0.25) is 5.15 Å². The molecule has 0 bridgehead atoms. The molecule has 0 unspecified atom stereocenters. The molecule has 19 heavy (non-hydrogen) atoms. The lowest BCUT2D eigenvalue weighted by atomic mass is 10.3. The molecule has 98 valence electrons. The highest BCUT2D eigenvalue weighted by atomic mass is 79.9. The topological polar surface area (TPSA) is 68.1 Å². The molecule has 0 aliphatic rings. The van der Waals surface area contributed by atoms with Crippen molar-refractivity contribution in [3.63, 3.8) is 0 Å². The average Bonchev–Trinajstić information content (AvgIpc) is 2.32. The molecule has 1 aromatic carbocycles. The van der Waals surface area contributed by atoms with Gasteiger partial charge in [-0.1, -0.05) is 27.5 Å². The summed E-state index contributed by atoms with van der Waals surface area (Å²) in [6.07, 6.45) is 0. The number of hydrogen-bond donors (Lipinski definition) is 1. The van der Waals surface area contributed by atoms with E-state index >= 15 is 0 Å². The van der Waals surface area contributed by atoms with E-state index in [-0.39, 0.29) is 22.3 Å². The number of nitro groups is 1. The molecular weight excluding hydrogens is 340 g/mol. The Hall–Kier alpha value is -1.73. The number of halogens is 3. The third kappa shape index (κ3) is 3.39. The number of nitrogens with one attached hydrogen (secondary N) is 1. The van der Waals surface area contributed by atoms with E-state index in [2.05, 4.69) is 26.2 Å². The number of pyridine rings is 1. The summed E-state index contributed by atoms with van der Waals surface area (Å²) in [4.78, 5) is 13.9. The quantitative estimate of drug-likeness (QED) is 0.511. The van der Waals surface area contributed by atoms with E-state index in [0.717, 1.165) is 6.07 Å². The van der Waals surface area contributed by atoms with Crippen LogP contribution in [0.15, 0.2) is 34.8 Å².